The van der Waals surface area contributed by atoms with Gasteiger partial charge >= 0.3 is 500 Å². The van der Waals surface area contributed by atoms with E-state index in [9.17, 15) is 72.6 Å². The number of phosphoric acid groups is 1. The molecule has 3 unspecified atom stereocenters. The minimum atomic E-state index is -5.17. The molecule has 0 aliphatic heterocycles. The Kier molecular flexibility index (Phi) is 76.8. The molecule has 0 aromatic carbocycles. The summed E-state index contributed by atoms with van der Waals surface area (Å²) in [7, 11) is -5.17. The van der Waals surface area contributed by atoms with E-state index in [1.807, 2.05) is 0 Å². The standard InChI is InChI=1S/C16H18O18.C6H9O10P.6K.4Na.10H/c17-5(18)1-15(13(29)30,2-6(19)20)33-11(27)9(25)10(26)12(28)34-16(14(31)32,3-7(21)22)4-8(23)24;7-3(8)1-6(12,5(10)11)2-4(9)16-17(13,14)15;;;;;;;;;;;;;;;;;;;;/h9-10,25-26H,1-4H2,(H,17,18)(H,19,20)(H,21,22)(H,23,24)(H,29,30)(H,31,32);12H,1-2H2,(H,7,8)(H,10,11)(H2,13,14,15);;;;;;;;;;;;;;;;;;;;/q;;10*+1;10*-1. The number of rotatable bonds is 21. The molecule has 0 spiro atoms. The van der Waals surface area contributed by atoms with Crippen LogP contribution in [0.3, 0.4) is 0 Å². The molecule has 0 rings (SSSR count). The largest absolute Gasteiger partial charge is 1.00 e. The van der Waals surface area contributed by atoms with E-state index >= 15 is 0 Å². The van der Waals surface area contributed by atoms with E-state index in [0.29, 0.717) is 0 Å². The number of phosphoric ester groups is 1. The number of carbonyl (C=O) groups is 11. The van der Waals surface area contributed by atoms with Crippen molar-refractivity contribution in [2.45, 2.75) is 67.5 Å². The van der Waals surface area contributed by atoms with Crippen molar-refractivity contribution < 1.29 is 578 Å². The van der Waals surface area contributed by atoms with Crippen LogP contribution < -0.4 is 427 Å². The molecule has 308 valence electrons. The molecule has 0 heterocycles. The van der Waals surface area contributed by atoms with Gasteiger partial charge in [-0.25, -0.2) is 28.5 Å². The number of carboxylic acids is 8. The predicted octanol–water partition coefficient (Wildman–Crippen LogP) is -34.2. The van der Waals surface area contributed by atoms with Crippen LogP contribution in [0.5, 0.6) is 0 Å². The third kappa shape index (κ3) is 43.0. The van der Waals surface area contributed by atoms with Gasteiger partial charge in [0.15, 0.2) is 17.8 Å². The van der Waals surface area contributed by atoms with Gasteiger partial charge in [0.25, 0.3) is 0 Å². The Balaban J connectivity index is -0.0000000291. The third-order valence-electron chi connectivity index (χ3n) is 5.40. The number of carboxylic acid groups (broad SMARTS) is 8. The maximum absolute atomic E-state index is 12.0. The average molecular weight is 1110 g/mol. The van der Waals surface area contributed by atoms with Gasteiger partial charge < -0.3 is 84.4 Å². The van der Waals surface area contributed by atoms with Crippen LogP contribution in [0.4, 0.5) is 0 Å². The quantitative estimate of drug-likeness (QED) is 0.0288. The van der Waals surface area contributed by atoms with Crippen LogP contribution in [0.25, 0.3) is 0 Å². The van der Waals surface area contributed by atoms with Gasteiger partial charge in [-0.3, -0.25) is 38.6 Å². The van der Waals surface area contributed by atoms with Gasteiger partial charge in [0, 0.05) is 0 Å². The third-order valence-corrected chi connectivity index (χ3v) is 5.84. The van der Waals surface area contributed by atoms with Crippen LogP contribution in [0, 0.1) is 0 Å². The van der Waals surface area contributed by atoms with E-state index in [0.717, 1.165) is 0 Å². The number of ether oxygens (including phenoxy) is 2. The molecule has 0 saturated heterocycles. The summed E-state index contributed by atoms with van der Waals surface area (Å²) < 4.78 is 22.2. The number of aliphatic carboxylic acids is 8. The van der Waals surface area contributed by atoms with E-state index in [-0.39, 0.29) is 441 Å². The maximum Gasteiger partial charge on any atom is 1.00 e. The SMILES string of the molecule is O=C(O)CC(CC(=O)O)(OC(=O)C(O)C(O)C(=O)OC(CC(=O)O)(CC(=O)O)C(=O)O)C(=O)O.O=C(O)CC(O)(CC(=O)OP(=O)(O)O)C(=O)O.[H-].[H-].[H-].[H-].[H-].[H-].[H-].[H-].[H-].[H-].[K+].[K+].[K+].[K+].[K+].[K+].[Na+].[Na+].[Na+].[Na+]. The summed E-state index contributed by atoms with van der Waals surface area (Å²) in [6.45, 7) is 0. The second kappa shape index (κ2) is 47.7. The van der Waals surface area contributed by atoms with Crippen LogP contribution in [0.15, 0.2) is 0 Å². The average Bonchev–Trinajstić information content (AvgIpc) is 2.88. The van der Waals surface area contributed by atoms with Gasteiger partial charge in [0.2, 0.25) is 11.2 Å². The summed E-state index contributed by atoms with van der Waals surface area (Å²) >= 11 is 0. The number of aliphatic hydroxyl groups is 3. The number of hydrogen-bond donors (Lipinski definition) is 13. The summed E-state index contributed by atoms with van der Waals surface area (Å²) in [6.07, 6.45) is -15.6. The monoisotopic (exact) mass is 1110 g/mol. The van der Waals surface area contributed by atoms with Crippen molar-refractivity contribution >= 4 is 73.5 Å². The van der Waals surface area contributed by atoms with Crippen LogP contribution in [0.2, 0.25) is 0 Å². The number of hydrogen-bond acceptors (Lipinski definition) is 18. The van der Waals surface area contributed by atoms with Crippen LogP contribution >= 0.6 is 7.82 Å². The van der Waals surface area contributed by atoms with Crippen molar-refractivity contribution in [1.29, 1.82) is 0 Å². The smallest absolute Gasteiger partial charge is 1.00 e. The maximum atomic E-state index is 12.0. The Labute approximate surface area is 700 Å². The van der Waals surface area contributed by atoms with E-state index in [4.69, 9.17) is 50.6 Å². The normalized spacial score (nSPS) is 11.4. The van der Waals surface area contributed by atoms with Crippen molar-refractivity contribution in [2.75, 3.05) is 0 Å². The summed E-state index contributed by atoms with van der Waals surface area (Å²) in [6, 6.07) is 0. The predicted molar refractivity (Wildman–Crippen MR) is 153 cm³/mol. The molecule has 0 bridgehead atoms. The Hall–Kier alpha value is 8.02. The summed E-state index contributed by atoms with van der Waals surface area (Å²) in [4.78, 5) is 139. The van der Waals surface area contributed by atoms with Crippen molar-refractivity contribution in [3.8, 4) is 0 Å². The zero-order chi connectivity index (χ0) is 40.9. The summed E-state index contributed by atoms with van der Waals surface area (Å²) in [5.41, 5.74) is -9.63. The first-order chi connectivity index (χ1) is 22.8. The van der Waals surface area contributed by atoms with Crippen molar-refractivity contribution in [3.63, 3.8) is 0 Å². The van der Waals surface area contributed by atoms with Crippen LogP contribution in [0.1, 0.15) is 52.8 Å². The van der Waals surface area contributed by atoms with Gasteiger partial charge in [0.1, 0.15) is 0 Å². The van der Waals surface area contributed by atoms with Crippen molar-refractivity contribution in [2.24, 2.45) is 0 Å². The van der Waals surface area contributed by atoms with Crippen LogP contribution in [-0.4, -0.2) is 161 Å². The topological polar surface area (TPSA) is 496 Å². The second-order valence-electron chi connectivity index (χ2n) is 9.65. The minimum Gasteiger partial charge on any atom is -1.00 e. The van der Waals surface area contributed by atoms with Crippen molar-refractivity contribution in [3.05, 3.63) is 0 Å². The molecule has 0 aliphatic rings. The molecule has 28 nitrogen and oxygen atoms in total. The first kappa shape index (κ1) is 98.2. The van der Waals surface area contributed by atoms with E-state index in [2.05, 4.69) is 14.0 Å². The fourth-order valence-electron chi connectivity index (χ4n) is 3.27. The molecule has 0 aromatic rings. The van der Waals surface area contributed by atoms with Crippen LogP contribution in [-0.2, 0) is 71.3 Å². The Morgan fingerprint density at radius 1 is 0.459 bits per heavy atom. The molecule has 0 radical (unpaired) electrons. The van der Waals surface area contributed by atoms with E-state index < -0.39 is 141 Å². The van der Waals surface area contributed by atoms with E-state index in [1.165, 1.54) is 0 Å². The second-order valence-corrected chi connectivity index (χ2v) is 10.8. The first-order valence-corrected chi connectivity index (χ1v) is 14.0. The van der Waals surface area contributed by atoms with E-state index in [1.54, 1.807) is 0 Å². The van der Waals surface area contributed by atoms with Gasteiger partial charge in [0.05, 0.1) is 38.5 Å². The molecule has 0 fully saturated rings. The molecule has 3 atom stereocenters. The Bertz CT molecular complexity index is 1460. The van der Waals surface area contributed by atoms with Gasteiger partial charge in [-0.15, -0.1) is 0 Å². The minimum absolute atomic E-state index is 0. The molecular formula is C22H37K6Na4O28P. The Morgan fingerprint density at radius 2 is 0.689 bits per heavy atom. The van der Waals surface area contributed by atoms with Gasteiger partial charge in [-0.1, -0.05) is 0 Å². The molecule has 61 heavy (non-hydrogen) atoms. The number of aliphatic hydroxyl groups excluding tert-OH is 2. The number of carbonyl (C=O) groups excluding carboxylic acids is 3. The van der Waals surface area contributed by atoms with Gasteiger partial charge in [-0.05, 0) is 0 Å². The van der Waals surface area contributed by atoms with Crippen molar-refractivity contribution in [1.82, 2.24) is 0 Å². The fourth-order valence-corrected chi connectivity index (χ4v) is 3.60. The number of esters is 2. The molecule has 0 amide bonds. The molecule has 0 aromatic heterocycles. The molecule has 13 N–H and O–H groups in total. The molecular weight excluding hydrogens is 1070 g/mol. The molecule has 0 saturated carbocycles. The summed E-state index contributed by atoms with van der Waals surface area (Å²) in [5, 5.41) is 99.2. The zero-order valence-electron chi connectivity index (χ0n) is 44.8. The Morgan fingerprint density at radius 3 is 0.852 bits per heavy atom. The summed E-state index contributed by atoms with van der Waals surface area (Å²) in [5.74, 6) is -22.5. The molecule has 0 aliphatic carbocycles. The van der Waals surface area contributed by atoms with Gasteiger partial charge in [-0.2, -0.15) is 0 Å². The zero-order valence-corrected chi connectivity index (χ0v) is 62.4. The molecule has 39 heteroatoms. The first-order valence-electron chi connectivity index (χ1n) is 12.5. The fraction of sp³-hybridized carbons (Fsp3) is 0.500.